The van der Waals surface area contributed by atoms with E-state index in [1.165, 1.54) is 16.1 Å². The van der Waals surface area contributed by atoms with Gasteiger partial charge < -0.3 is 15.0 Å². The zero-order valence-corrected chi connectivity index (χ0v) is 14.5. The molecule has 1 saturated heterocycles. The molecule has 4 nitrogen and oxygen atoms in total. The fourth-order valence-electron chi connectivity index (χ4n) is 3.48. The molecular weight excluding hydrogens is 320 g/mol. The number of carbonyl (C=O) groups excluding carboxylic acids is 1. The second-order valence-corrected chi connectivity index (χ2v) is 7.44. The molecule has 0 radical (unpaired) electrons. The topological polar surface area (TPSA) is 41.6 Å². The molecular formula is C19H22N2O2S. The molecule has 2 aromatic rings. The molecule has 5 heteroatoms. The number of carbonyl (C=O) groups is 1. The highest BCUT2D eigenvalue weighted by Crippen LogP contribution is 2.33. The molecule has 1 aromatic heterocycles. The van der Waals surface area contributed by atoms with Crippen molar-refractivity contribution in [3.8, 4) is 0 Å². The number of hydrogen-bond acceptors (Lipinski definition) is 4. The van der Waals surface area contributed by atoms with Crippen LogP contribution in [0, 0.1) is 0 Å². The number of rotatable bonds is 5. The number of nitrogens with zero attached hydrogens (tertiary/aromatic N) is 1. The first kappa shape index (κ1) is 15.7. The van der Waals surface area contributed by atoms with Crippen LogP contribution in [0.15, 0.2) is 36.4 Å². The van der Waals surface area contributed by atoms with E-state index >= 15 is 0 Å². The Labute approximate surface area is 146 Å². The summed E-state index contributed by atoms with van der Waals surface area (Å²) >= 11 is 1.56. The van der Waals surface area contributed by atoms with Gasteiger partial charge in [0.25, 0.3) is 5.91 Å². The number of fused-ring (bicyclic) bond motifs is 1. The first-order chi connectivity index (χ1) is 11.8. The molecule has 24 heavy (non-hydrogen) atoms. The smallest absolute Gasteiger partial charge is 0.261 e. The molecule has 1 aromatic carbocycles. The minimum absolute atomic E-state index is 0.0247. The summed E-state index contributed by atoms with van der Waals surface area (Å²) in [6.45, 7) is 3.39. The summed E-state index contributed by atoms with van der Waals surface area (Å²) in [4.78, 5) is 16.6. The molecule has 2 aliphatic heterocycles. The summed E-state index contributed by atoms with van der Waals surface area (Å²) in [6.07, 6.45) is 3.47. The van der Waals surface area contributed by atoms with Gasteiger partial charge in [-0.15, -0.1) is 11.3 Å². The number of thiophene rings is 1. The van der Waals surface area contributed by atoms with E-state index in [1.54, 1.807) is 11.3 Å². The molecule has 2 aliphatic rings. The third kappa shape index (κ3) is 3.19. The number of ether oxygens (including phenoxy) is 1. The summed E-state index contributed by atoms with van der Waals surface area (Å²) in [5.41, 5.74) is 2.71. The molecule has 1 atom stereocenters. The fraction of sp³-hybridized carbons (Fsp3) is 0.421. The van der Waals surface area contributed by atoms with Gasteiger partial charge in [0, 0.05) is 36.8 Å². The summed E-state index contributed by atoms with van der Waals surface area (Å²) < 4.78 is 5.69. The summed E-state index contributed by atoms with van der Waals surface area (Å²) in [6, 6.07) is 12.5. The van der Waals surface area contributed by atoms with E-state index in [4.69, 9.17) is 4.74 Å². The van der Waals surface area contributed by atoms with Gasteiger partial charge >= 0.3 is 0 Å². The Balaban J connectivity index is 1.29. The molecule has 126 valence electrons. The molecule has 0 bridgehead atoms. The van der Waals surface area contributed by atoms with Crippen LogP contribution in [-0.4, -0.2) is 32.1 Å². The Bertz CT molecular complexity index is 722. The predicted octanol–water partition coefficient (Wildman–Crippen LogP) is 3.39. The van der Waals surface area contributed by atoms with Crippen LogP contribution in [-0.2, 0) is 11.2 Å². The number of anilines is 1. The van der Waals surface area contributed by atoms with Crippen molar-refractivity contribution in [3.63, 3.8) is 0 Å². The molecule has 1 amide bonds. The van der Waals surface area contributed by atoms with Crippen LogP contribution in [0.3, 0.4) is 0 Å². The maximum Gasteiger partial charge on any atom is 0.261 e. The average Bonchev–Trinajstić information content (AvgIpc) is 3.35. The van der Waals surface area contributed by atoms with E-state index in [2.05, 4.69) is 34.5 Å². The molecule has 1 N–H and O–H groups in total. The van der Waals surface area contributed by atoms with Crippen LogP contribution in [0.5, 0.6) is 0 Å². The van der Waals surface area contributed by atoms with Crippen molar-refractivity contribution < 1.29 is 9.53 Å². The van der Waals surface area contributed by atoms with Crippen molar-refractivity contribution in [1.29, 1.82) is 0 Å². The lowest BCUT2D eigenvalue weighted by Crippen LogP contribution is -2.33. The van der Waals surface area contributed by atoms with E-state index in [-0.39, 0.29) is 12.0 Å². The normalized spacial score (nSPS) is 19.5. The highest BCUT2D eigenvalue weighted by molar-refractivity contribution is 7.14. The summed E-state index contributed by atoms with van der Waals surface area (Å²) in [5.74, 6) is 0.0247. The van der Waals surface area contributed by atoms with Crippen LogP contribution in [0.1, 0.15) is 39.1 Å². The van der Waals surface area contributed by atoms with Crippen molar-refractivity contribution in [2.75, 3.05) is 31.1 Å². The van der Waals surface area contributed by atoms with Crippen LogP contribution >= 0.6 is 11.3 Å². The van der Waals surface area contributed by atoms with Gasteiger partial charge in [0.05, 0.1) is 11.0 Å². The van der Waals surface area contributed by atoms with Gasteiger partial charge in [-0.05, 0) is 43.0 Å². The first-order valence-electron chi connectivity index (χ1n) is 8.63. The first-order valence-corrected chi connectivity index (χ1v) is 9.45. The van der Waals surface area contributed by atoms with E-state index in [9.17, 15) is 4.79 Å². The zero-order chi connectivity index (χ0) is 16.4. The highest BCUT2D eigenvalue weighted by Gasteiger charge is 2.21. The van der Waals surface area contributed by atoms with E-state index < -0.39 is 0 Å². The van der Waals surface area contributed by atoms with Crippen molar-refractivity contribution >= 4 is 22.9 Å². The largest absolute Gasteiger partial charge is 0.373 e. The van der Waals surface area contributed by atoms with Crippen molar-refractivity contribution in [3.05, 3.63) is 51.7 Å². The lowest BCUT2D eigenvalue weighted by atomic mass is 10.2. The van der Waals surface area contributed by atoms with Crippen molar-refractivity contribution in [2.24, 2.45) is 0 Å². The quantitative estimate of drug-likeness (QED) is 0.905. The molecule has 0 spiro atoms. The SMILES string of the molecule is O=C(NCCN1CCc2ccccc21)c1ccc([C@H]2CCCO2)s1. The number of hydrogen-bond donors (Lipinski definition) is 1. The number of amides is 1. The van der Waals surface area contributed by atoms with Crippen molar-refractivity contribution in [1.82, 2.24) is 5.32 Å². The predicted molar refractivity (Wildman–Crippen MR) is 96.9 cm³/mol. The molecule has 4 rings (SSSR count). The third-order valence-electron chi connectivity index (χ3n) is 4.75. The maximum absolute atomic E-state index is 12.3. The Morgan fingerprint density at radius 3 is 3.08 bits per heavy atom. The van der Waals surface area contributed by atoms with Crippen LogP contribution in [0.4, 0.5) is 5.69 Å². The van der Waals surface area contributed by atoms with E-state index in [0.717, 1.165) is 43.8 Å². The van der Waals surface area contributed by atoms with Crippen LogP contribution < -0.4 is 10.2 Å². The van der Waals surface area contributed by atoms with Gasteiger partial charge in [0.15, 0.2) is 0 Å². The van der Waals surface area contributed by atoms with Gasteiger partial charge in [0.2, 0.25) is 0 Å². The number of para-hydroxylation sites is 1. The molecule has 0 unspecified atom stereocenters. The lowest BCUT2D eigenvalue weighted by Gasteiger charge is -2.19. The molecule has 1 fully saturated rings. The van der Waals surface area contributed by atoms with Crippen LogP contribution in [0.25, 0.3) is 0 Å². The molecule has 0 aliphatic carbocycles. The van der Waals surface area contributed by atoms with Gasteiger partial charge in [-0.3, -0.25) is 4.79 Å². The molecule has 3 heterocycles. The molecule has 0 saturated carbocycles. The Hall–Kier alpha value is -1.85. The monoisotopic (exact) mass is 342 g/mol. The fourth-order valence-corrected chi connectivity index (χ4v) is 4.49. The van der Waals surface area contributed by atoms with Gasteiger partial charge in [-0.1, -0.05) is 18.2 Å². The number of nitrogens with one attached hydrogen (secondary N) is 1. The van der Waals surface area contributed by atoms with E-state index in [1.807, 2.05) is 12.1 Å². The average molecular weight is 342 g/mol. The second-order valence-electron chi connectivity index (χ2n) is 6.33. The highest BCUT2D eigenvalue weighted by atomic mass is 32.1. The van der Waals surface area contributed by atoms with E-state index in [0.29, 0.717) is 6.54 Å². The van der Waals surface area contributed by atoms with Crippen molar-refractivity contribution in [2.45, 2.75) is 25.4 Å². The minimum Gasteiger partial charge on any atom is -0.373 e. The minimum atomic E-state index is 0.0247. The Morgan fingerprint density at radius 1 is 1.29 bits per heavy atom. The zero-order valence-electron chi connectivity index (χ0n) is 13.7. The summed E-state index contributed by atoms with van der Waals surface area (Å²) in [7, 11) is 0. The second kappa shape index (κ2) is 6.95. The Morgan fingerprint density at radius 2 is 2.21 bits per heavy atom. The van der Waals surface area contributed by atoms with Gasteiger partial charge in [0.1, 0.15) is 0 Å². The lowest BCUT2D eigenvalue weighted by molar-refractivity contribution is 0.0958. The third-order valence-corrected chi connectivity index (χ3v) is 5.92. The standard InChI is InChI=1S/C19H22N2O2S/c22-19(18-8-7-17(24-18)16-6-3-13-23-16)20-10-12-21-11-9-14-4-1-2-5-15(14)21/h1-2,4-5,7-8,16H,3,6,9-13H2,(H,20,22)/t16-/m1/s1. The van der Waals surface area contributed by atoms with Gasteiger partial charge in [-0.25, -0.2) is 0 Å². The number of benzene rings is 1. The maximum atomic E-state index is 12.3. The van der Waals surface area contributed by atoms with Crippen LogP contribution in [0.2, 0.25) is 0 Å². The summed E-state index contributed by atoms with van der Waals surface area (Å²) in [5, 5.41) is 3.05. The van der Waals surface area contributed by atoms with Gasteiger partial charge in [-0.2, -0.15) is 0 Å². The Kier molecular flexibility index (Phi) is 4.54.